The Labute approximate surface area is 108 Å². The summed E-state index contributed by atoms with van der Waals surface area (Å²) in [6.07, 6.45) is 2.81. The molecule has 0 amide bonds. The van der Waals surface area contributed by atoms with Gasteiger partial charge in [0.25, 0.3) is 0 Å². The Morgan fingerprint density at radius 2 is 2.00 bits per heavy atom. The van der Waals surface area contributed by atoms with Crippen molar-refractivity contribution in [3.63, 3.8) is 0 Å². The second-order valence-corrected chi connectivity index (χ2v) is 5.32. The maximum atomic E-state index is 3.56. The number of nitrogens with one attached hydrogen (secondary N) is 1. The third kappa shape index (κ3) is 6.39. The van der Waals surface area contributed by atoms with E-state index in [0.717, 1.165) is 19.0 Å². The summed E-state index contributed by atoms with van der Waals surface area (Å²) in [5.74, 6) is 0.902. The summed E-state index contributed by atoms with van der Waals surface area (Å²) in [4.78, 5) is 5.08. The lowest BCUT2D eigenvalue weighted by molar-refractivity contribution is 0.183. The van der Waals surface area contributed by atoms with Crippen molar-refractivity contribution in [3.05, 3.63) is 0 Å². The van der Waals surface area contributed by atoms with Gasteiger partial charge in [-0.05, 0) is 38.4 Å². The van der Waals surface area contributed by atoms with Gasteiger partial charge in [-0.2, -0.15) is 0 Å². The Morgan fingerprint density at radius 3 is 2.65 bits per heavy atom. The second-order valence-electron chi connectivity index (χ2n) is 5.32. The van der Waals surface area contributed by atoms with E-state index in [4.69, 9.17) is 0 Å². The Kier molecular flexibility index (Phi) is 7.82. The van der Waals surface area contributed by atoms with Crippen LogP contribution in [0.5, 0.6) is 0 Å². The predicted octanol–water partition coefficient (Wildman–Crippen LogP) is 1.65. The highest BCUT2D eigenvalue weighted by Gasteiger charge is 2.15. The molecule has 0 aromatic rings. The van der Waals surface area contributed by atoms with E-state index in [0.29, 0.717) is 0 Å². The minimum Gasteiger partial charge on any atom is -0.314 e. The molecule has 1 saturated heterocycles. The summed E-state index contributed by atoms with van der Waals surface area (Å²) in [5, 5.41) is 3.56. The first-order valence-corrected chi connectivity index (χ1v) is 7.41. The molecule has 1 aliphatic heterocycles. The maximum Gasteiger partial charge on any atom is 0.0107 e. The molecule has 1 rings (SSSR count). The first-order valence-electron chi connectivity index (χ1n) is 7.41. The summed E-state index contributed by atoms with van der Waals surface area (Å²) in [7, 11) is 0. The molecule has 1 fully saturated rings. The van der Waals surface area contributed by atoms with E-state index in [2.05, 4.69) is 35.9 Å². The quantitative estimate of drug-likeness (QED) is 0.652. The third-order valence-corrected chi connectivity index (χ3v) is 3.85. The number of likely N-dealkylation sites (N-methyl/N-ethyl adjacent to an activating group) is 1. The summed E-state index contributed by atoms with van der Waals surface area (Å²) < 4.78 is 0. The molecule has 0 saturated carbocycles. The monoisotopic (exact) mass is 241 g/mol. The highest BCUT2D eigenvalue weighted by Crippen LogP contribution is 2.14. The average molecular weight is 241 g/mol. The Balaban J connectivity index is 1.96. The van der Waals surface area contributed by atoms with E-state index in [1.807, 2.05) is 0 Å². The van der Waals surface area contributed by atoms with Crippen LogP contribution < -0.4 is 5.32 Å². The van der Waals surface area contributed by atoms with Crippen LogP contribution in [-0.4, -0.2) is 62.2 Å². The number of hydrogen-bond donors (Lipinski definition) is 1. The molecule has 1 unspecified atom stereocenters. The van der Waals surface area contributed by atoms with Crippen molar-refractivity contribution in [2.75, 3.05) is 52.4 Å². The van der Waals surface area contributed by atoms with Crippen molar-refractivity contribution in [3.8, 4) is 0 Å². The zero-order valence-corrected chi connectivity index (χ0v) is 12.0. The fourth-order valence-electron chi connectivity index (χ4n) is 2.63. The van der Waals surface area contributed by atoms with Gasteiger partial charge in [0.15, 0.2) is 0 Å². The number of rotatable bonds is 8. The van der Waals surface area contributed by atoms with E-state index in [1.54, 1.807) is 0 Å². The van der Waals surface area contributed by atoms with Crippen molar-refractivity contribution in [1.29, 1.82) is 0 Å². The van der Waals surface area contributed by atoms with Gasteiger partial charge in [-0.15, -0.1) is 0 Å². The Bertz CT molecular complexity index is 180. The smallest absolute Gasteiger partial charge is 0.0107 e. The van der Waals surface area contributed by atoms with E-state index >= 15 is 0 Å². The third-order valence-electron chi connectivity index (χ3n) is 3.85. The largest absolute Gasteiger partial charge is 0.314 e. The molecule has 3 nitrogen and oxygen atoms in total. The first-order chi connectivity index (χ1) is 8.26. The van der Waals surface area contributed by atoms with Crippen molar-refractivity contribution in [2.45, 2.75) is 33.6 Å². The first kappa shape index (κ1) is 14.9. The van der Waals surface area contributed by atoms with Gasteiger partial charge in [0.1, 0.15) is 0 Å². The highest BCUT2D eigenvalue weighted by molar-refractivity contribution is 4.70. The van der Waals surface area contributed by atoms with Crippen LogP contribution in [0.3, 0.4) is 0 Å². The zero-order valence-electron chi connectivity index (χ0n) is 12.0. The van der Waals surface area contributed by atoms with Gasteiger partial charge in [0.05, 0.1) is 0 Å². The molecule has 3 heteroatoms. The Morgan fingerprint density at radius 1 is 1.24 bits per heavy atom. The molecule has 0 aliphatic carbocycles. The van der Waals surface area contributed by atoms with Crippen LogP contribution in [0.25, 0.3) is 0 Å². The van der Waals surface area contributed by atoms with Gasteiger partial charge in [0.2, 0.25) is 0 Å². The molecule has 1 aliphatic rings. The van der Waals surface area contributed by atoms with E-state index in [9.17, 15) is 0 Å². The van der Waals surface area contributed by atoms with Crippen LogP contribution in [0, 0.1) is 5.92 Å². The van der Waals surface area contributed by atoms with E-state index < -0.39 is 0 Å². The van der Waals surface area contributed by atoms with Gasteiger partial charge in [-0.25, -0.2) is 0 Å². The molecule has 0 spiro atoms. The summed E-state index contributed by atoms with van der Waals surface area (Å²) in [6, 6.07) is 0. The van der Waals surface area contributed by atoms with Crippen molar-refractivity contribution < 1.29 is 0 Å². The maximum absolute atomic E-state index is 3.56. The van der Waals surface area contributed by atoms with Crippen LogP contribution >= 0.6 is 0 Å². The van der Waals surface area contributed by atoms with Gasteiger partial charge < -0.3 is 15.1 Å². The average Bonchev–Trinajstić information content (AvgIpc) is 2.34. The second kappa shape index (κ2) is 8.90. The van der Waals surface area contributed by atoms with E-state index in [-0.39, 0.29) is 0 Å². The topological polar surface area (TPSA) is 18.5 Å². The number of likely N-dealkylation sites (tertiary alicyclic amines) is 1. The lowest BCUT2D eigenvalue weighted by Gasteiger charge is -2.30. The lowest BCUT2D eigenvalue weighted by atomic mass is 10.0. The molecule has 0 aromatic heterocycles. The molecule has 0 aromatic carbocycles. The van der Waals surface area contributed by atoms with Crippen LogP contribution in [0.15, 0.2) is 0 Å². The molecule has 102 valence electrons. The molecular formula is C14H31N3. The van der Waals surface area contributed by atoms with Crippen LogP contribution in [0.1, 0.15) is 33.6 Å². The SMILES string of the molecule is CCN(CC)CCNCCN1CCCC(C)C1. The van der Waals surface area contributed by atoms with Gasteiger partial charge in [-0.1, -0.05) is 20.8 Å². The van der Waals surface area contributed by atoms with Crippen LogP contribution in [0.4, 0.5) is 0 Å². The number of nitrogens with zero attached hydrogens (tertiary/aromatic N) is 2. The predicted molar refractivity (Wildman–Crippen MR) is 75.5 cm³/mol. The highest BCUT2D eigenvalue weighted by atomic mass is 15.2. The normalized spacial score (nSPS) is 22.2. The summed E-state index contributed by atoms with van der Waals surface area (Å²) >= 11 is 0. The molecule has 1 atom stereocenters. The molecule has 17 heavy (non-hydrogen) atoms. The van der Waals surface area contributed by atoms with Crippen LogP contribution in [-0.2, 0) is 0 Å². The van der Waals surface area contributed by atoms with Crippen molar-refractivity contribution in [1.82, 2.24) is 15.1 Å². The van der Waals surface area contributed by atoms with Crippen LogP contribution in [0.2, 0.25) is 0 Å². The molecule has 0 radical (unpaired) electrons. The zero-order chi connectivity index (χ0) is 12.5. The standard InChI is InChI=1S/C14H31N3/c1-4-16(5-2)11-8-15-9-12-17-10-6-7-14(3)13-17/h14-15H,4-13H2,1-3H3. The summed E-state index contributed by atoms with van der Waals surface area (Å²) in [5.41, 5.74) is 0. The van der Waals surface area contributed by atoms with E-state index in [1.165, 1.54) is 52.1 Å². The summed E-state index contributed by atoms with van der Waals surface area (Å²) in [6.45, 7) is 16.5. The fraction of sp³-hybridized carbons (Fsp3) is 1.00. The van der Waals surface area contributed by atoms with Gasteiger partial charge >= 0.3 is 0 Å². The fourth-order valence-corrected chi connectivity index (χ4v) is 2.63. The Hall–Kier alpha value is -0.120. The minimum absolute atomic E-state index is 0.902. The molecule has 0 bridgehead atoms. The van der Waals surface area contributed by atoms with Gasteiger partial charge in [0, 0.05) is 32.7 Å². The number of hydrogen-bond acceptors (Lipinski definition) is 3. The number of piperidine rings is 1. The van der Waals surface area contributed by atoms with Gasteiger partial charge in [-0.3, -0.25) is 0 Å². The molecular weight excluding hydrogens is 210 g/mol. The molecule has 1 N–H and O–H groups in total. The lowest BCUT2D eigenvalue weighted by Crippen LogP contribution is -2.40. The van der Waals surface area contributed by atoms with Crippen molar-refractivity contribution in [2.24, 2.45) is 5.92 Å². The minimum atomic E-state index is 0.902. The molecule has 1 heterocycles. The van der Waals surface area contributed by atoms with Crippen molar-refractivity contribution >= 4 is 0 Å².